The number of benzene rings is 1. The van der Waals surface area contributed by atoms with Crippen molar-refractivity contribution in [1.29, 1.82) is 0 Å². The number of aliphatic hydroxyl groups is 1. The molecule has 90 valence electrons. The average Bonchev–Trinajstić information content (AvgIpc) is 2.17. The van der Waals surface area contributed by atoms with Crippen LogP contribution in [-0.2, 0) is 5.60 Å². The Hall–Kier alpha value is -0.710. The van der Waals surface area contributed by atoms with E-state index in [9.17, 15) is 13.9 Å². The molecule has 0 bridgehead atoms. The smallest absolute Gasteiger partial charge is 0.126 e. The number of rotatable bonds is 1. The fourth-order valence-electron chi connectivity index (χ4n) is 1.95. The van der Waals surface area contributed by atoms with Gasteiger partial charge in [0.1, 0.15) is 11.6 Å². The third-order valence-electron chi connectivity index (χ3n) is 2.83. The summed E-state index contributed by atoms with van der Waals surface area (Å²) in [5.74, 6) is -1.28. The van der Waals surface area contributed by atoms with Crippen LogP contribution in [0.25, 0.3) is 0 Å². The normalized spacial score (nSPS) is 18.9. The molecule has 1 aromatic rings. The van der Waals surface area contributed by atoms with Crippen molar-refractivity contribution in [3.05, 3.63) is 35.4 Å². The van der Waals surface area contributed by atoms with Crippen molar-refractivity contribution in [2.75, 3.05) is 13.1 Å². The molecule has 0 saturated carbocycles. The Morgan fingerprint density at radius 2 is 1.56 bits per heavy atom. The van der Waals surface area contributed by atoms with Crippen LogP contribution < -0.4 is 5.32 Å². The molecule has 2 rings (SSSR count). The summed E-state index contributed by atoms with van der Waals surface area (Å²) in [6.45, 7) is 1.32. The molecule has 2 nitrogen and oxygen atoms in total. The molecule has 1 aromatic carbocycles. The molecule has 0 aromatic heterocycles. The topological polar surface area (TPSA) is 32.3 Å². The lowest BCUT2D eigenvalue weighted by molar-refractivity contribution is 0.00539. The molecule has 5 heteroatoms. The SMILES string of the molecule is Cl.OC1(c2cc(F)cc(F)c2)CCNCC1. The van der Waals surface area contributed by atoms with Gasteiger partial charge in [-0.15, -0.1) is 12.4 Å². The fraction of sp³-hybridized carbons (Fsp3) is 0.455. The second-order valence-electron chi connectivity index (χ2n) is 3.94. The summed E-state index contributed by atoms with van der Waals surface area (Å²) in [6.07, 6.45) is 0.964. The first kappa shape index (κ1) is 13.4. The van der Waals surface area contributed by atoms with Crippen LogP contribution in [0.15, 0.2) is 18.2 Å². The Labute approximate surface area is 99.1 Å². The van der Waals surface area contributed by atoms with Crippen LogP contribution in [0.4, 0.5) is 8.78 Å². The standard InChI is InChI=1S/C11H13F2NO.ClH/c12-9-5-8(6-10(13)7-9)11(15)1-3-14-4-2-11;/h5-7,14-15H,1-4H2;1H. The Bertz CT molecular complexity index is 347. The van der Waals surface area contributed by atoms with E-state index >= 15 is 0 Å². The van der Waals surface area contributed by atoms with E-state index in [0.717, 1.165) is 6.07 Å². The summed E-state index contributed by atoms with van der Waals surface area (Å²) >= 11 is 0. The summed E-state index contributed by atoms with van der Waals surface area (Å²) in [5.41, 5.74) is -0.754. The number of piperidine rings is 1. The maximum absolute atomic E-state index is 13.0. The van der Waals surface area contributed by atoms with Gasteiger partial charge in [0.15, 0.2) is 0 Å². The molecule has 1 heterocycles. The summed E-state index contributed by atoms with van der Waals surface area (Å²) < 4.78 is 26.0. The third kappa shape index (κ3) is 2.70. The van der Waals surface area contributed by atoms with E-state index in [2.05, 4.69) is 5.32 Å². The second-order valence-corrected chi connectivity index (χ2v) is 3.94. The fourth-order valence-corrected chi connectivity index (χ4v) is 1.95. The van der Waals surface area contributed by atoms with Gasteiger partial charge in [0.25, 0.3) is 0 Å². The van der Waals surface area contributed by atoms with Gasteiger partial charge >= 0.3 is 0 Å². The van der Waals surface area contributed by atoms with Crippen molar-refractivity contribution >= 4 is 12.4 Å². The van der Waals surface area contributed by atoms with E-state index < -0.39 is 17.2 Å². The summed E-state index contributed by atoms with van der Waals surface area (Å²) in [6, 6.07) is 3.22. The molecule has 1 aliphatic heterocycles. The van der Waals surface area contributed by atoms with Crippen molar-refractivity contribution < 1.29 is 13.9 Å². The molecule has 1 saturated heterocycles. The Kier molecular flexibility index (Phi) is 4.24. The first-order valence-electron chi connectivity index (χ1n) is 5.00. The highest BCUT2D eigenvalue weighted by atomic mass is 35.5. The summed E-state index contributed by atoms with van der Waals surface area (Å²) in [5, 5.41) is 13.3. The highest BCUT2D eigenvalue weighted by Crippen LogP contribution is 2.31. The number of hydrogen-bond acceptors (Lipinski definition) is 2. The third-order valence-corrected chi connectivity index (χ3v) is 2.83. The lowest BCUT2D eigenvalue weighted by atomic mass is 9.85. The molecule has 0 spiro atoms. The maximum Gasteiger partial charge on any atom is 0.126 e. The summed E-state index contributed by atoms with van der Waals surface area (Å²) in [4.78, 5) is 0. The summed E-state index contributed by atoms with van der Waals surface area (Å²) in [7, 11) is 0. The van der Waals surface area contributed by atoms with Gasteiger partial charge in [-0.3, -0.25) is 0 Å². The van der Waals surface area contributed by atoms with Gasteiger partial charge < -0.3 is 10.4 Å². The zero-order chi connectivity index (χ0) is 10.9. The molecule has 0 unspecified atom stereocenters. The van der Waals surface area contributed by atoms with Crippen LogP contribution in [0.3, 0.4) is 0 Å². The minimum Gasteiger partial charge on any atom is -0.385 e. The largest absolute Gasteiger partial charge is 0.385 e. The van der Waals surface area contributed by atoms with Crippen molar-refractivity contribution in [3.63, 3.8) is 0 Å². The van der Waals surface area contributed by atoms with Gasteiger partial charge in [0.2, 0.25) is 0 Å². The molecule has 1 aliphatic rings. The van der Waals surface area contributed by atoms with Gasteiger partial charge in [0.05, 0.1) is 5.60 Å². The monoisotopic (exact) mass is 249 g/mol. The first-order valence-corrected chi connectivity index (χ1v) is 5.00. The van der Waals surface area contributed by atoms with E-state index in [1.165, 1.54) is 12.1 Å². The van der Waals surface area contributed by atoms with Gasteiger partial charge in [-0.2, -0.15) is 0 Å². The van der Waals surface area contributed by atoms with Crippen LogP contribution in [0.1, 0.15) is 18.4 Å². The molecular weight excluding hydrogens is 236 g/mol. The van der Waals surface area contributed by atoms with E-state index in [-0.39, 0.29) is 12.4 Å². The van der Waals surface area contributed by atoms with Gasteiger partial charge in [-0.1, -0.05) is 0 Å². The van der Waals surface area contributed by atoms with Crippen LogP contribution in [-0.4, -0.2) is 18.2 Å². The van der Waals surface area contributed by atoms with Crippen molar-refractivity contribution in [2.45, 2.75) is 18.4 Å². The lowest BCUT2D eigenvalue weighted by Gasteiger charge is -2.33. The number of hydrogen-bond donors (Lipinski definition) is 2. The van der Waals surface area contributed by atoms with Crippen LogP contribution in [0, 0.1) is 11.6 Å². The van der Waals surface area contributed by atoms with Crippen molar-refractivity contribution in [3.8, 4) is 0 Å². The van der Waals surface area contributed by atoms with E-state index in [0.29, 0.717) is 31.5 Å². The van der Waals surface area contributed by atoms with Crippen molar-refractivity contribution in [1.82, 2.24) is 5.32 Å². The Morgan fingerprint density at radius 3 is 2.06 bits per heavy atom. The predicted octanol–water partition coefficient (Wildman–Crippen LogP) is 1.96. The van der Waals surface area contributed by atoms with Crippen molar-refractivity contribution in [2.24, 2.45) is 0 Å². The number of nitrogens with one attached hydrogen (secondary N) is 1. The lowest BCUT2D eigenvalue weighted by Crippen LogP contribution is -2.39. The highest BCUT2D eigenvalue weighted by Gasteiger charge is 2.31. The van der Waals surface area contributed by atoms with Gasteiger partial charge in [-0.05, 0) is 43.6 Å². The van der Waals surface area contributed by atoms with E-state index in [4.69, 9.17) is 0 Å². The van der Waals surface area contributed by atoms with Crippen LogP contribution in [0.2, 0.25) is 0 Å². The maximum atomic E-state index is 13.0. The zero-order valence-electron chi connectivity index (χ0n) is 8.67. The van der Waals surface area contributed by atoms with E-state index in [1.54, 1.807) is 0 Å². The van der Waals surface area contributed by atoms with E-state index in [1.807, 2.05) is 0 Å². The minimum absolute atomic E-state index is 0. The molecule has 0 radical (unpaired) electrons. The average molecular weight is 250 g/mol. The molecule has 0 amide bonds. The Morgan fingerprint density at radius 1 is 1.06 bits per heavy atom. The molecule has 2 N–H and O–H groups in total. The van der Waals surface area contributed by atoms with Crippen LogP contribution >= 0.6 is 12.4 Å². The number of halogens is 3. The van der Waals surface area contributed by atoms with Crippen LogP contribution in [0.5, 0.6) is 0 Å². The Balaban J connectivity index is 0.00000128. The second kappa shape index (κ2) is 5.08. The molecule has 0 atom stereocenters. The predicted molar refractivity (Wildman–Crippen MR) is 59.6 cm³/mol. The molecular formula is C11H14ClF2NO. The van der Waals surface area contributed by atoms with Gasteiger partial charge in [-0.25, -0.2) is 8.78 Å². The van der Waals surface area contributed by atoms with Gasteiger partial charge in [0, 0.05) is 6.07 Å². The first-order chi connectivity index (χ1) is 7.10. The molecule has 0 aliphatic carbocycles. The zero-order valence-corrected chi connectivity index (χ0v) is 9.49. The molecule has 16 heavy (non-hydrogen) atoms. The minimum atomic E-state index is -1.09. The molecule has 1 fully saturated rings. The quantitative estimate of drug-likeness (QED) is 0.798. The highest BCUT2D eigenvalue weighted by molar-refractivity contribution is 5.85.